The van der Waals surface area contributed by atoms with Gasteiger partial charge in [-0.1, -0.05) is 17.7 Å². The molecule has 3 aromatic carbocycles. The molecular weight excluding hydrogens is 544 g/mol. The normalized spacial score (nSPS) is 18.0. The maximum Gasteiger partial charge on any atom is 0.419 e. The summed E-state index contributed by atoms with van der Waals surface area (Å²) in [5, 5.41) is 7.82. The van der Waals surface area contributed by atoms with Gasteiger partial charge in [-0.3, -0.25) is 14.3 Å². The van der Waals surface area contributed by atoms with Crippen molar-refractivity contribution >= 4 is 33.1 Å². The van der Waals surface area contributed by atoms with Crippen molar-refractivity contribution in [1.82, 2.24) is 5.32 Å². The van der Waals surface area contributed by atoms with Gasteiger partial charge in [0.2, 0.25) is 0 Å². The predicted molar refractivity (Wildman–Crippen MR) is 137 cm³/mol. The Morgan fingerprint density at radius 1 is 0.897 bits per heavy atom. The van der Waals surface area contributed by atoms with Crippen LogP contribution >= 0.6 is 0 Å². The minimum Gasteiger partial charge on any atom is -0.377 e. The summed E-state index contributed by atoms with van der Waals surface area (Å²) >= 11 is 0. The SMILES string of the molecule is Cc1ccc(S(=O)(=O)Nc2c(NC3CCC(NC(=O)Nc4ccc(F)c(C(F)(F)F)c4)CC3)c(=O)c2=O)cc1. The number of nitrogens with one attached hydrogen (secondary N) is 4. The van der Waals surface area contributed by atoms with Gasteiger partial charge in [-0.2, -0.15) is 13.2 Å². The third-order valence-electron chi connectivity index (χ3n) is 6.42. The van der Waals surface area contributed by atoms with E-state index in [1.807, 2.05) is 0 Å². The number of sulfonamides is 1. The number of urea groups is 1. The van der Waals surface area contributed by atoms with E-state index < -0.39 is 44.5 Å². The lowest BCUT2D eigenvalue weighted by Crippen LogP contribution is -2.44. The van der Waals surface area contributed by atoms with Crippen LogP contribution in [0.5, 0.6) is 0 Å². The van der Waals surface area contributed by atoms with E-state index >= 15 is 0 Å². The summed E-state index contributed by atoms with van der Waals surface area (Å²) in [4.78, 5) is 36.4. The van der Waals surface area contributed by atoms with Gasteiger partial charge < -0.3 is 16.0 Å². The fourth-order valence-electron chi connectivity index (χ4n) is 4.30. The topological polar surface area (TPSA) is 133 Å². The van der Waals surface area contributed by atoms with Crippen molar-refractivity contribution in [2.45, 2.75) is 55.8 Å². The number of aryl methyl sites for hydroxylation is 1. The lowest BCUT2D eigenvalue weighted by molar-refractivity contribution is -0.139. The Kier molecular flexibility index (Phi) is 7.68. The molecule has 1 saturated carbocycles. The van der Waals surface area contributed by atoms with E-state index in [2.05, 4.69) is 20.7 Å². The number of halogens is 4. The molecule has 1 aliphatic carbocycles. The number of benzene rings is 2. The molecule has 0 bridgehead atoms. The maximum absolute atomic E-state index is 13.4. The van der Waals surface area contributed by atoms with Crippen LogP contribution in [0.15, 0.2) is 56.9 Å². The molecule has 2 amide bonds. The molecule has 0 aliphatic heterocycles. The first kappa shape index (κ1) is 28.1. The molecule has 0 unspecified atom stereocenters. The molecule has 1 fully saturated rings. The van der Waals surface area contributed by atoms with Gasteiger partial charge in [0.15, 0.2) is 0 Å². The number of alkyl halides is 3. The monoisotopic (exact) mass is 568 g/mol. The Labute approximate surface area is 220 Å². The summed E-state index contributed by atoms with van der Waals surface area (Å²) in [6, 6.07) is 6.71. The van der Waals surface area contributed by atoms with Gasteiger partial charge in [-0.25, -0.2) is 17.6 Å². The molecule has 4 N–H and O–H groups in total. The van der Waals surface area contributed by atoms with Crippen LogP contribution in [0, 0.1) is 12.7 Å². The molecule has 4 rings (SSSR count). The fourth-order valence-corrected chi connectivity index (χ4v) is 5.37. The van der Waals surface area contributed by atoms with Crippen molar-refractivity contribution in [2.75, 3.05) is 15.4 Å². The molecule has 0 spiro atoms. The average Bonchev–Trinajstić information content (AvgIpc) is 2.87. The highest BCUT2D eigenvalue weighted by Crippen LogP contribution is 2.33. The molecule has 1 aliphatic rings. The zero-order valence-corrected chi connectivity index (χ0v) is 21.3. The van der Waals surface area contributed by atoms with Crippen molar-refractivity contribution in [3.05, 3.63) is 79.9 Å². The molecule has 0 saturated heterocycles. The minimum atomic E-state index is -4.91. The molecule has 0 aromatic heterocycles. The summed E-state index contributed by atoms with van der Waals surface area (Å²) in [5.41, 5.74) is -3.12. The Hall–Kier alpha value is -3.94. The zero-order chi connectivity index (χ0) is 28.5. The van der Waals surface area contributed by atoms with Gasteiger partial charge in [-0.05, 0) is 62.9 Å². The van der Waals surface area contributed by atoms with Gasteiger partial charge in [0.1, 0.15) is 17.2 Å². The van der Waals surface area contributed by atoms with Crippen molar-refractivity contribution in [3.8, 4) is 0 Å². The van der Waals surface area contributed by atoms with Crippen molar-refractivity contribution in [1.29, 1.82) is 0 Å². The first-order valence-electron chi connectivity index (χ1n) is 11.9. The zero-order valence-electron chi connectivity index (χ0n) is 20.5. The Morgan fingerprint density at radius 2 is 1.49 bits per heavy atom. The molecule has 0 heterocycles. The Balaban J connectivity index is 1.32. The number of carbonyl (C=O) groups excluding carboxylic acids is 1. The molecule has 14 heteroatoms. The first-order valence-corrected chi connectivity index (χ1v) is 13.4. The number of carbonyl (C=O) groups is 1. The van der Waals surface area contributed by atoms with Crippen LogP contribution in [-0.2, 0) is 16.2 Å². The van der Waals surface area contributed by atoms with Gasteiger partial charge in [-0.15, -0.1) is 0 Å². The summed E-state index contributed by atoms with van der Waals surface area (Å²) < 4.78 is 79.6. The Morgan fingerprint density at radius 3 is 2.10 bits per heavy atom. The highest BCUT2D eigenvalue weighted by atomic mass is 32.2. The molecule has 208 valence electrons. The van der Waals surface area contributed by atoms with Gasteiger partial charge in [0.05, 0.1) is 10.5 Å². The third-order valence-corrected chi connectivity index (χ3v) is 7.78. The third kappa shape index (κ3) is 6.38. The molecular formula is C25H24F4N4O5S. The predicted octanol–water partition coefficient (Wildman–Crippen LogP) is 4.09. The van der Waals surface area contributed by atoms with E-state index in [9.17, 15) is 40.4 Å². The molecule has 39 heavy (non-hydrogen) atoms. The second-order valence-corrected chi connectivity index (χ2v) is 11.0. The molecule has 0 atom stereocenters. The van der Waals surface area contributed by atoms with Crippen LogP contribution in [0.25, 0.3) is 0 Å². The lowest BCUT2D eigenvalue weighted by atomic mass is 9.91. The quantitative estimate of drug-likeness (QED) is 0.251. The summed E-state index contributed by atoms with van der Waals surface area (Å²) in [7, 11) is -4.09. The number of amides is 2. The van der Waals surface area contributed by atoms with Gasteiger partial charge in [0.25, 0.3) is 20.9 Å². The highest BCUT2D eigenvalue weighted by Gasteiger charge is 2.34. The van der Waals surface area contributed by atoms with Gasteiger partial charge in [0, 0.05) is 17.8 Å². The van der Waals surface area contributed by atoms with Crippen molar-refractivity contribution < 1.29 is 30.8 Å². The van der Waals surface area contributed by atoms with Crippen LogP contribution in [0.2, 0.25) is 0 Å². The smallest absolute Gasteiger partial charge is 0.377 e. The number of hydrogen-bond acceptors (Lipinski definition) is 6. The molecule has 3 aromatic rings. The van der Waals surface area contributed by atoms with E-state index in [0.717, 1.165) is 11.6 Å². The first-order chi connectivity index (χ1) is 18.2. The summed E-state index contributed by atoms with van der Waals surface area (Å²) in [5.74, 6) is -1.45. The van der Waals surface area contributed by atoms with Crippen LogP contribution in [0.1, 0.15) is 36.8 Å². The largest absolute Gasteiger partial charge is 0.419 e. The summed E-state index contributed by atoms with van der Waals surface area (Å²) in [6.07, 6.45) is -3.15. The van der Waals surface area contributed by atoms with Crippen molar-refractivity contribution in [3.63, 3.8) is 0 Å². The second kappa shape index (κ2) is 10.7. The van der Waals surface area contributed by atoms with Crippen LogP contribution in [-0.4, -0.2) is 26.5 Å². The standard InChI is InChI=1S/C25H24F4N4O5S/c1-13-2-9-17(10-3-13)39(37,38)33-21-20(22(34)23(21)35)30-14-4-6-15(7-5-14)31-24(36)32-16-8-11-19(26)18(12-16)25(27,28)29/h2-3,8-12,14-15,30,33H,4-7H2,1H3,(H2,31,32,36). The van der Waals surface area contributed by atoms with E-state index in [4.69, 9.17) is 0 Å². The van der Waals surface area contributed by atoms with E-state index in [1.54, 1.807) is 19.1 Å². The van der Waals surface area contributed by atoms with Crippen LogP contribution < -0.4 is 31.5 Å². The van der Waals surface area contributed by atoms with Crippen molar-refractivity contribution in [2.24, 2.45) is 0 Å². The van der Waals surface area contributed by atoms with Gasteiger partial charge >= 0.3 is 12.2 Å². The second-order valence-electron chi connectivity index (χ2n) is 9.31. The van der Waals surface area contributed by atoms with Crippen LogP contribution in [0.3, 0.4) is 0 Å². The Bertz CT molecular complexity index is 1560. The van der Waals surface area contributed by atoms with E-state index in [0.29, 0.717) is 37.8 Å². The summed E-state index contributed by atoms with van der Waals surface area (Å²) in [6.45, 7) is 1.79. The lowest BCUT2D eigenvalue weighted by Gasteiger charge is -2.31. The number of rotatable bonds is 7. The van der Waals surface area contributed by atoms with Crippen LogP contribution in [0.4, 0.5) is 39.4 Å². The van der Waals surface area contributed by atoms with E-state index in [-0.39, 0.29) is 34.0 Å². The average molecular weight is 569 g/mol. The fraction of sp³-hybridized carbons (Fsp3) is 0.320. The number of anilines is 3. The number of hydrogen-bond donors (Lipinski definition) is 4. The molecule has 9 nitrogen and oxygen atoms in total. The molecule has 0 radical (unpaired) electrons. The minimum absolute atomic E-state index is 0.0628. The maximum atomic E-state index is 13.4. The highest BCUT2D eigenvalue weighted by molar-refractivity contribution is 7.92. The van der Waals surface area contributed by atoms with E-state index in [1.165, 1.54) is 12.1 Å².